The van der Waals surface area contributed by atoms with Crippen LogP contribution >= 0.6 is 0 Å². The summed E-state index contributed by atoms with van der Waals surface area (Å²) in [5.74, 6) is -0.712. The molecule has 0 unspecified atom stereocenters. The maximum atomic E-state index is 13.7. The summed E-state index contributed by atoms with van der Waals surface area (Å²) in [7, 11) is 0. The maximum absolute atomic E-state index is 13.7. The number of anilines is 1. The number of pyridine rings is 2. The van der Waals surface area contributed by atoms with Crippen molar-refractivity contribution >= 4 is 17.6 Å². The number of carbonyl (C=O) groups excluding carboxylic acids is 2. The van der Waals surface area contributed by atoms with Crippen LogP contribution < -0.4 is 10.6 Å². The van der Waals surface area contributed by atoms with Crippen LogP contribution in [-0.4, -0.2) is 38.1 Å². The Hall–Kier alpha value is -4.54. The number of alkyl halides is 3. The van der Waals surface area contributed by atoms with Crippen molar-refractivity contribution in [3.63, 3.8) is 0 Å². The lowest BCUT2D eigenvalue weighted by Crippen LogP contribution is -2.23. The van der Waals surface area contributed by atoms with Crippen LogP contribution in [0.1, 0.15) is 33.3 Å². The lowest BCUT2D eigenvalue weighted by Gasteiger charge is -2.11. The van der Waals surface area contributed by atoms with Crippen LogP contribution in [-0.2, 0) is 6.18 Å². The Balaban J connectivity index is 1.57. The topological polar surface area (TPSA) is 102 Å². The molecule has 0 bridgehead atoms. The van der Waals surface area contributed by atoms with Gasteiger partial charge in [-0.05, 0) is 55.5 Å². The standard InChI is InChI=1S/C24H19F3N6O2/c1-2-29-22(34)15-5-3-6-16(11-15)23(35)31-21-9-8-18(14-30-21)33-20(24(25,26)27)12-19(32-33)17-7-4-10-28-13-17/h3-14H,2H2,1H3,(H,29,34)(H,30,31,35). The third-order valence-electron chi connectivity index (χ3n) is 4.92. The van der Waals surface area contributed by atoms with Crippen LogP contribution in [0.3, 0.4) is 0 Å². The number of amides is 2. The number of halogens is 3. The van der Waals surface area contributed by atoms with E-state index in [1.807, 2.05) is 0 Å². The first-order valence-corrected chi connectivity index (χ1v) is 10.5. The lowest BCUT2D eigenvalue weighted by atomic mass is 10.1. The molecule has 0 atom stereocenters. The average molecular weight is 480 g/mol. The van der Waals surface area contributed by atoms with Gasteiger partial charge in [0.2, 0.25) is 0 Å². The molecule has 3 aromatic heterocycles. The summed E-state index contributed by atoms with van der Waals surface area (Å²) in [6.45, 7) is 2.23. The molecule has 11 heteroatoms. The van der Waals surface area contributed by atoms with Crippen molar-refractivity contribution in [2.45, 2.75) is 13.1 Å². The Bertz CT molecular complexity index is 1350. The summed E-state index contributed by atoms with van der Waals surface area (Å²) in [5, 5.41) is 9.31. The molecule has 4 rings (SSSR count). The summed E-state index contributed by atoms with van der Waals surface area (Å²) >= 11 is 0. The van der Waals surface area contributed by atoms with Crippen LogP contribution in [0, 0.1) is 0 Å². The molecule has 2 amide bonds. The molecule has 0 fully saturated rings. The third kappa shape index (κ3) is 5.35. The van der Waals surface area contributed by atoms with E-state index in [0.717, 1.165) is 10.7 Å². The minimum Gasteiger partial charge on any atom is -0.352 e. The van der Waals surface area contributed by atoms with Gasteiger partial charge in [0.1, 0.15) is 11.5 Å². The first kappa shape index (κ1) is 23.6. The zero-order chi connectivity index (χ0) is 25.0. The van der Waals surface area contributed by atoms with Crippen LogP contribution in [0.25, 0.3) is 16.9 Å². The SMILES string of the molecule is CCNC(=O)c1cccc(C(=O)Nc2ccc(-n3nc(-c4cccnc4)cc3C(F)(F)F)cn2)c1. The lowest BCUT2D eigenvalue weighted by molar-refractivity contribution is -0.142. The average Bonchev–Trinajstić information content (AvgIpc) is 3.32. The fourth-order valence-corrected chi connectivity index (χ4v) is 3.27. The second-order valence-corrected chi connectivity index (χ2v) is 7.36. The summed E-state index contributed by atoms with van der Waals surface area (Å²) in [5.41, 5.74) is 0.178. The predicted octanol–water partition coefficient (Wildman–Crippen LogP) is 4.35. The highest BCUT2D eigenvalue weighted by Gasteiger charge is 2.36. The number of benzene rings is 1. The number of rotatable bonds is 6. The molecule has 0 aliphatic carbocycles. The van der Waals surface area contributed by atoms with E-state index in [0.29, 0.717) is 17.7 Å². The number of aromatic nitrogens is 4. The molecule has 1 aromatic carbocycles. The highest BCUT2D eigenvalue weighted by Crippen LogP contribution is 2.34. The molecule has 0 saturated heterocycles. The molecule has 0 aliphatic heterocycles. The Kier molecular flexibility index (Phi) is 6.58. The van der Waals surface area contributed by atoms with Crippen LogP contribution in [0.15, 0.2) is 73.2 Å². The van der Waals surface area contributed by atoms with Crippen molar-refractivity contribution in [1.82, 2.24) is 25.1 Å². The molecule has 3 heterocycles. The Morgan fingerprint density at radius 1 is 0.971 bits per heavy atom. The van der Waals surface area contributed by atoms with Crippen molar-refractivity contribution in [1.29, 1.82) is 0 Å². The highest BCUT2D eigenvalue weighted by molar-refractivity contribution is 6.05. The summed E-state index contributed by atoms with van der Waals surface area (Å²) in [4.78, 5) is 32.6. The molecule has 2 N–H and O–H groups in total. The normalized spacial score (nSPS) is 11.2. The van der Waals surface area contributed by atoms with Gasteiger partial charge in [0.05, 0.1) is 17.6 Å². The number of carbonyl (C=O) groups is 2. The summed E-state index contributed by atoms with van der Waals surface area (Å²) < 4.78 is 41.7. The first-order valence-electron chi connectivity index (χ1n) is 10.5. The van der Waals surface area contributed by atoms with Crippen molar-refractivity contribution in [3.8, 4) is 16.9 Å². The fraction of sp³-hybridized carbons (Fsp3) is 0.125. The molecule has 0 saturated carbocycles. The van der Waals surface area contributed by atoms with Crippen molar-refractivity contribution < 1.29 is 22.8 Å². The minimum absolute atomic E-state index is 0.0590. The van der Waals surface area contributed by atoms with Gasteiger partial charge in [-0.3, -0.25) is 14.6 Å². The van der Waals surface area contributed by atoms with E-state index in [1.165, 1.54) is 42.9 Å². The van der Waals surface area contributed by atoms with Crippen molar-refractivity contribution in [2.75, 3.05) is 11.9 Å². The van der Waals surface area contributed by atoms with E-state index in [4.69, 9.17) is 0 Å². The van der Waals surface area contributed by atoms with E-state index in [1.54, 1.807) is 31.2 Å². The first-order chi connectivity index (χ1) is 16.8. The van der Waals surface area contributed by atoms with Crippen molar-refractivity contribution in [2.24, 2.45) is 0 Å². The number of hydrogen-bond donors (Lipinski definition) is 2. The molecule has 4 aromatic rings. The van der Waals surface area contributed by atoms with E-state index >= 15 is 0 Å². The van der Waals surface area contributed by atoms with Crippen molar-refractivity contribution in [3.05, 3.63) is 90.0 Å². The number of hydrogen-bond acceptors (Lipinski definition) is 5. The van der Waals surface area contributed by atoms with E-state index in [2.05, 4.69) is 25.7 Å². The quantitative estimate of drug-likeness (QED) is 0.427. The van der Waals surface area contributed by atoms with Gasteiger partial charge in [0.25, 0.3) is 11.8 Å². The molecular formula is C24H19F3N6O2. The zero-order valence-corrected chi connectivity index (χ0v) is 18.4. The Morgan fingerprint density at radius 3 is 2.37 bits per heavy atom. The van der Waals surface area contributed by atoms with Crippen LogP contribution in [0.5, 0.6) is 0 Å². The molecule has 0 radical (unpaired) electrons. The van der Waals surface area contributed by atoms with Gasteiger partial charge in [-0.15, -0.1) is 0 Å². The zero-order valence-electron chi connectivity index (χ0n) is 18.4. The second kappa shape index (κ2) is 9.75. The summed E-state index contributed by atoms with van der Waals surface area (Å²) in [6.07, 6.45) is -0.547. The van der Waals surface area contributed by atoms with E-state index < -0.39 is 17.8 Å². The smallest absolute Gasteiger partial charge is 0.352 e. The molecule has 0 spiro atoms. The Morgan fingerprint density at radius 2 is 1.74 bits per heavy atom. The minimum atomic E-state index is -4.66. The molecular weight excluding hydrogens is 461 g/mol. The summed E-state index contributed by atoms with van der Waals surface area (Å²) in [6, 6.07) is 13.0. The van der Waals surface area contributed by atoms with Crippen LogP contribution in [0.2, 0.25) is 0 Å². The van der Waals surface area contributed by atoms with Gasteiger partial charge in [-0.1, -0.05) is 6.07 Å². The van der Waals surface area contributed by atoms with Gasteiger partial charge in [-0.2, -0.15) is 18.3 Å². The maximum Gasteiger partial charge on any atom is 0.433 e. The molecule has 8 nitrogen and oxygen atoms in total. The second-order valence-electron chi connectivity index (χ2n) is 7.36. The van der Waals surface area contributed by atoms with Gasteiger partial charge >= 0.3 is 6.18 Å². The molecule has 178 valence electrons. The Labute approximate surface area is 197 Å². The van der Waals surface area contributed by atoms with Gasteiger partial charge in [-0.25, -0.2) is 9.67 Å². The fourth-order valence-electron chi connectivity index (χ4n) is 3.27. The largest absolute Gasteiger partial charge is 0.433 e. The predicted molar refractivity (Wildman–Crippen MR) is 122 cm³/mol. The monoisotopic (exact) mass is 480 g/mol. The van der Waals surface area contributed by atoms with E-state index in [9.17, 15) is 22.8 Å². The van der Waals surface area contributed by atoms with Gasteiger partial charge in [0, 0.05) is 35.6 Å². The molecule has 0 aliphatic rings. The van der Waals surface area contributed by atoms with E-state index in [-0.39, 0.29) is 28.7 Å². The molecule has 35 heavy (non-hydrogen) atoms. The van der Waals surface area contributed by atoms with Crippen LogP contribution in [0.4, 0.5) is 19.0 Å². The highest BCUT2D eigenvalue weighted by atomic mass is 19.4. The van der Waals surface area contributed by atoms with Gasteiger partial charge in [0.15, 0.2) is 0 Å². The number of nitrogens with one attached hydrogen (secondary N) is 2. The number of nitrogens with zero attached hydrogens (tertiary/aromatic N) is 4. The van der Waals surface area contributed by atoms with Gasteiger partial charge < -0.3 is 10.6 Å². The third-order valence-corrected chi connectivity index (χ3v) is 4.92.